The van der Waals surface area contributed by atoms with Crippen LogP contribution < -0.4 is 5.32 Å². The van der Waals surface area contributed by atoms with Crippen molar-refractivity contribution in [3.8, 4) is 0 Å². The van der Waals surface area contributed by atoms with Crippen molar-refractivity contribution in [1.82, 2.24) is 5.32 Å². The van der Waals surface area contributed by atoms with Crippen molar-refractivity contribution in [1.29, 1.82) is 0 Å². The summed E-state index contributed by atoms with van der Waals surface area (Å²) in [7, 11) is 0. The molecule has 1 atom stereocenters. The van der Waals surface area contributed by atoms with Crippen LogP contribution in [0.15, 0.2) is 42.5 Å². The van der Waals surface area contributed by atoms with Crippen LogP contribution in [0.2, 0.25) is 0 Å². The summed E-state index contributed by atoms with van der Waals surface area (Å²) in [6.45, 7) is 5.40. The monoisotopic (exact) mass is 339 g/mol. The molecule has 0 aromatic heterocycles. The fourth-order valence-electron chi connectivity index (χ4n) is 2.35. The van der Waals surface area contributed by atoms with Gasteiger partial charge in [0.1, 0.15) is 0 Å². The van der Waals surface area contributed by atoms with E-state index < -0.39 is 17.8 Å². The Balaban J connectivity index is 2.27. The SMILES string of the molecule is Cc1ccc(C(=O)c2ccccc2C(=O)NCC(C)C(=O)O)cc1C. The van der Waals surface area contributed by atoms with Gasteiger partial charge in [-0.1, -0.05) is 37.3 Å². The Hall–Kier alpha value is -2.95. The molecule has 0 aliphatic carbocycles. The Morgan fingerprint density at radius 1 is 1.00 bits per heavy atom. The highest BCUT2D eigenvalue weighted by molar-refractivity contribution is 6.15. The topological polar surface area (TPSA) is 83.5 Å². The molecular formula is C20H21NO4. The lowest BCUT2D eigenvalue weighted by Gasteiger charge is -2.12. The fourth-order valence-corrected chi connectivity index (χ4v) is 2.35. The zero-order valence-electron chi connectivity index (χ0n) is 14.5. The van der Waals surface area contributed by atoms with E-state index in [1.165, 1.54) is 6.92 Å². The number of nitrogens with one attached hydrogen (secondary N) is 1. The van der Waals surface area contributed by atoms with Crippen molar-refractivity contribution < 1.29 is 19.5 Å². The van der Waals surface area contributed by atoms with E-state index in [0.29, 0.717) is 11.1 Å². The minimum absolute atomic E-state index is 0.000329. The highest BCUT2D eigenvalue weighted by Gasteiger charge is 2.19. The van der Waals surface area contributed by atoms with Crippen LogP contribution in [0.1, 0.15) is 44.3 Å². The Labute approximate surface area is 146 Å². The first-order valence-electron chi connectivity index (χ1n) is 8.03. The van der Waals surface area contributed by atoms with Crippen LogP contribution in [-0.4, -0.2) is 29.3 Å². The summed E-state index contributed by atoms with van der Waals surface area (Å²) in [5, 5.41) is 11.5. The van der Waals surface area contributed by atoms with Gasteiger partial charge in [0.25, 0.3) is 5.91 Å². The van der Waals surface area contributed by atoms with Crippen molar-refractivity contribution in [2.75, 3.05) is 6.54 Å². The molecule has 2 aromatic carbocycles. The number of ketones is 1. The van der Waals surface area contributed by atoms with Gasteiger partial charge in [0.2, 0.25) is 0 Å². The van der Waals surface area contributed by atoms with Gasteiger partial charge in [-0.2, -0.15) is 0 Å². The second-order valence-electron chi connectivity index (χ2n) is 6.12. The first-order chi connectivity index (χ1) is 11.8. The van der Waals surface area contributed by atoms with Gasteiger partial charge >= 0.3 is 5.97 Å². The van der Waals surface area contributed by atoms with Crippen LogP contribution in [0.5, 0.6) is 0 Å². The third kappa shape index (κ3) is 4.32. The van der Waals surface area contributed by atoms with Gasteiger partial charge < -0.3 is 10.4 Å². The summed E-state index contributed by atoms with van der Waals surface area (Å²) in [6, 6.07) is 12.0. The van der Waals surface area contributed by atoms with Gasteiger partial charge in [-0.25, -0.2) is 0 Å². The standard InChI is InChI=1S/C20H21NO4/c1-12-8-9-15(10-13(12)2)18(22)16-6-4-5-7-17(16)19(23)21-11-14(3)20(24)25/h4-10,14H,11H2,1-3H3,(H,21,23)(H,24,25). The molecule has 5 nitrogen and oxygen atoms in total. The molecule has 1 amide bonds. The van der Waals surface area contributed by atoms with E-state index in [2.05, 4.69) is 5.32 Å². The number of hydrogen-bond acceptors (Lipinski definition) is 3. The molecule has 130 valence electrons. The Bertz CT molecular complexity index is 826. The minimum Gasteiger partial charge on any atom is -0.481 e. The first-order valence-corrected chi connectivity index (χ1v) is 8.03. The third-order valence-electron chi connectivity index (χ3n) is 4.18. The van der Waals surface area contributed by atoms with E-state index in [1.807, 2.05) is 19.9 Å². The molecule has 2 rings (SSSR count). The number of carbonyl (C=O) groups excluding carboxylic acids is 2. The Morgan fingerprint density at radius 2 is 1.64 bits per heavy atom. The summed E-state index contributed by atoms with van der Waals surface area (Å²) in [4.78, 5) is 36.1. The van der Waals surface area contributed by atoms with E-state index in [9.17, 15) is 14.4 Å². The maximum atomic E-state index is 12.8. The van der Waals surface area contributed by atoms with Crippen LogP contribution in [0.25, 0.3) is 0 Å². The summed E-state index contributed by atoms with van der Waals surface area (Å²) in [6.07, 6.45) is 0. The number of hydrogen-bond donors (Lipinski definition) is 2. The summed E-state index contributed by atoms with van der Waals surface area (Å²) in [5.41, 5.74) is 3.14. The number of amides is 1. The number of carbonyl (C=O) groups is 3. The molecule has 0 saturated heterocycles. The zero-order valence-corrected chi connectivity index (χ0v) is 14.5. The predicted molar refractivity (Wildman–Crippen MR) is 94.9 cm³/mol. The van der Waals surface area contributed by atoms with Crippen LogP contribution in [0.4, 0.5) is 0 Å². The van der Waals surface area contributed by atoms with Crippen LogP contribution >= 0.6 is 0 Å². The van der Waals surface area contributed by atoms with Crippen LogP contribution in [-0.2, 0) is 4.79 Å². The maximum absolute atomic E-state index is 12.8. The lowest BCUT2D eigenvalue weighted by Crippen LogP contribution is -2.32. The largest absolute Gasteiger partial charge is 0.481 e. The first kappa shape index (κ1) is 18.4. The third-order valence-corrected chi connectivity index (χ3v) is 4.18. The van der Waals surface area contributed by atoms with Crippen molar-refractivity contribution >= 4 is 17.7 Å². The molecule has 2 aromatic rings. The molecule has 1 unspecified atom stereocenters. The molecule has 25 heavy (non-hydrogen) atoms. The van der Waals surface area contributed by atoms with E-state index in [-0.39, 0.29) is 17.9 Å². The van der Waals surface area contributed by atoms with Gasteiger partial charge in [0, 0.05) is 17.7 Å². The normalized spacial score (nSPS) is 11.6. The Kier molecular flexibility index (Phi) is 5.70. The van der Waals surface area contributed by atoms with Crippen molar-refractivity contribution in [3.05, 3.63) is 70.3 Å². The second-order valence-corrected chi connectivity index (χ2v) is 6.12. The molecule has 0 spiro atoms. The second kappa shape index (κ2) is 7.75. The summed E-state index contributed by atoms with van der Waals surface area (Å²) >= 11 is 0. The molecule has 0 saturated carbocycles. The zero-order chi connectivity index (χ0) is 18.6. The van der Waals surface area contributed by atoms with Gasteiger partial charge in [0.05, 0.1) is 11.5 Å². The van der Waals surface area contributed by atoms with Gasteiger partial charge in [-0.05, 0) is 37.1 Å². The molecule has 0 heterocycles. The molecule has 0 aliphatic rings. The minimum atomic E-state index is -0.986. The highest BCUT2D eigenvalue weighted by atomic mass is 16.4. The van der Waals surface area contributed by atoms with E-state index >= 15 is 0 Å². The summed E-state index contributed by atoms with van der Waals surface area (Å²) < 4.78 is 0. The van der Waals surface area contributed by atoms with Gasteiger partial charge in [-0.3, -0.25) is 14.4 Å². The number of carboxylic acids is 1. The molecule has 0 radical (unpaired) electrons. The average Bonchev–Trinajstić information content (AvgIpc) is 2.60. The number of rotatable bonds is 6. The number of carboxylic acid groups (broad SMARTS) is 1. The number of aliphatic carboxylic acids is 1. The molecule has 0 bridgehead atoms. The lowest BCUT2D eigenvalue weighted by atomic mass is 9.95. The van der Waals surface area contributed by atoms with E-state index in [0.717, 1.165) is 11.1 Å². The average molecular weight is 339 g/mol. The van der Waals surface area contributed by atoms with Crippen molar-refractivity contribution in [2.24, 2.45) is 5.92 Å². The predicted octanol–water partition coefficient (Wildman–Crippen LogP) is 2.98. The molecule has 2 N–H and O–H groups in total. The Morgan fingerprint density at radius 3 is 2.24 bits per heavy atom. The summed E-state index contributed by atoms with van der Waals surface area (Å²) in [5.74, 6) is -2.38. The van der Waals surface area contributed by atoms with Gasteiger partial charge in [-0.15, -0.1) is 0 Å². The fraction of sp³-hybridized carbons (Fsp3) is 0.250. The maximum Gasteiger partial charge on any atom is 0.308 e. The van der Waals surface area contributed by atoms with Crippen LogP contribution in [0.3, 0.4) is 0 Å². The van der Waals surface area contributed by atoms with Gasteiger partial charge in [0.15, 0.2) is 5.78 Å². The molecule has 5 heteroatoms. The van der Waals surface area contributed by atoms with Crippen molar-refractivity contribution in [2.45, 2.75) is 20.8 Å². The smallest absolute Gasteiger partial charge is 0.308 e. The quantitative estimate of drug-likeness (QED) is 0.793. The highest BCUT2D eigenvalue weighted by Crippen LogP contribution is 2.17. The van der Waals surface area contributed by atoms with Crippen molar-refractivity contribution in [3.63, 3.8) is 0 Å². The van der Waals surface area contributed by atoms with Crippen LogP contribution in [0, 0.1) is 19.8 Å². The number of aryl methyl sites for hydroxylation is 2. The van der Waals surface area contributed by atoms with E-state index in [1.54, 1.807) is 36.4 Å². The molecular weight excluding hydrogens is 318 g/mol. The molecule has 0 fully saturated rings. The van der Waals surface area contributed by atoms with E-state index in [4.69, 9.17) is 5.11 Å². The lowest BCUT2D eigenvalue weighted by molar-refractivity contribution is -0.140. The number of benzene rings is 2. The molecule has 0 aliphatic heterocycles.